The monoisotopic (exact) mass is 235 g/mol. The molecule has 1 atom stereocenters. The van der Waals surface area contributed by atoms with Crippen LogP contribution >= 0.6 is 0 Å². The lowest BCUT2D eigenvalue weighted by atomic mass is 9.98. The standard InChI is InChI=1S/C12H13NO4/c14-6-5-13-11(15)10-7-8-3-1-2-4-9(8)12(16)17-10/h1-4,10,14H,5-7H2,(H,13,15). The lowest BCUT2D eigenvalue weighted by molar-refractivity contribution is -0.130. The number of hydrogen-bond acceptors (Lipinski definition) is 4. The van der Waals surface area contributed by atoms with E-state index in [1.807, 2.05) is 12.1 Å². The second-order valence-corrected chi connectivity index (χ2v) is 3.77. The van der Waals surface area contributed by atoms with Crippen LogP contribution < -0.4 is 5.32 Å². The number of carbonyl (C=O) groups is 2. The minimum absolute atomic E-state index is 0.136. The first-order chi connectivity index (χ1) is 8.22. The highest BCUT2D eigenvalue weighted by Gasteiger charge is 2.30. The molecule has 1 aromatic carbocycles. The molecule has 1 aliphatic heterocycles. The van der Waals surface area contributed by atoms with Crippen LogP contribution in [-0.4, -0.2) is 36.2 Å². The number of rotatable bonds is 3. The van der Waals surface area contributed by atoms with Gasteiger partial charge in [0.15, 0.2) is 6.10 Å². The van der Waals surface area contributed by atoms with Crippen LogP contribution in [0.4, 0.5) is 0 Å². The predicted octanol–water partition coefficient (Wildman–Crippen LogP) is -0.123. The van der Waals surface area contributed by atoms with Crippen molar-refractivity contribution in [1.82, 2.24) is 5.32 Å². The molecule has 1 unspecified atom stereocenters. The molecule has 0 aromatic heterocycles. The summed E-state index contributed by atoms with van der Waals surface area (Å²) >= 11 is 0. The van der Waals surface area contributed by atoms with Crippen LogP contribution in [0, 0.1) is 0 Å². The summed E-state index contributed by atoms with van der Waals surface area (Å²) < 4.78 is 5.04. The third-order valence-electron chi connectivity index (χ3n) is 2.60. The van der Waals surface area contributed by atoms with Crippen molar-refractivity contribution in [2.45, 2.75) is 12.5 Å². The molecule has 0 fully saturated rings. The molecule has 1 heterocycles. The Morgan fingerprint density at radius 2 is 2.24 bits per heavy atom. The number of amides is 1. The Bertz CT molecular complexity index is 444. The largest absolute Gasteiger partial charge is 0.448 e. The van der Waals surface area contributed by atoms with E-state index >= 15 is 0 Å². The van der Waals surface area contributed by atoms with Crippen LogP contribution in [0.3, 0.4) is 0 Å². The van der Waals surface area contributed by atoms with E-state index in [1.54, 1.807) is 12.1 Å². The molecule has 0 radical (unpaired) electrons. The van der Waals surface area contributed by atoms with Crippen molar-refractivity contribution in [3.05, 3.63) is 35.4 Å². The molecule has 17 heavy (non-hydrogen) atoms. The SMILES string of the molecule is O=C1OC(C(=O)NCCO)Cc2ccccc21. The Kier molecular flexibility index (Phi) is 3.39. The van der Waals surface area contributed by atoms with E-state index in [0.29, 0.717) is 12.0 Å². The number of nitrogens with one attached hydrogen (secondary N) is 1. The van der Waals surface area contributed by atoms with Crippen molar-refractivity contribution in [1.29, 1.82) is 0 Å². The molecule has 5 nitrogen and oxygen atoms in total. The quantitative estimate of drug-likeness (QED) is 0.716. The zero-order chi connectivity index (χ0) is 12.3. The first-order valence-corrected chi connectivity index (χ1v) is 5.40. The van der Waals surface area contributed by atoms with Crippen LogP contribution in [0.25, 0.3) is 0 Å². The van der Waals surface area contributed by atoms with Crippen molar-refractivity contribution in [2.75, 3.05) is 13.2 Å². The van der Waals surface area contributed by atoms with E-state index in [-0.39, 0.29) is 19.1 Å². The number of aliphatic hydroxyl groups is 1. The van der Waals surface area contributed by atoms with Gasteiger partial charge in [0.25, 0.3) is 5.91 Å². The molecule has 0 spiro atoms. The lowest BCUT2D eigenvalue weighted by Crippen LogP contribution is -2.42. The van der Waals surface area contributed by atoms with Gasteiger partial charge in [-0.2, -0.15) is 0 Å². The van der Waals surface area contributed by atoms with Crippen molar-refractivity contribution in [2.24, 2.45) is 0 Å². The van der Waals surface area contributed by atoms with Crippen molar-refractivity contribution in [3.63, 3.8) is 0 Å². The van der Waals surface area contributed by atoms with E-state index < -0.39 is 12.1 Å². The molecule has 90 valence electrons. The zero-order valence-electron chi connectivity index (χ0n) is 9.18. The highest BCUT2D eigenvalue weighted by Crippen LogP contribution is 2.20. The van der Waals surface area contributed by atoms with Crippen molar-refractivity contribution < 1.29 is 19.4 Å². The number of esters is 1. The van der Waals surface area contributed by atoms with Crippen molar-refractivity contribution in [3.8, 4) is 0 Å². The Morgan fingerprint density at radius 3 is 3.00 bits per heavy atom. The predicted molar refractivity (Wildman–Crippen MR) is 59.4 cm³/mol. The molecule has 0 saturated heterocycles. The minimum atomic E-state index is -0.802. The fourth-order valence-electron chi connectivity index (χ4n) is 1.77. The van der Waals surface area contributed by atoms with Gasteiger partial charge in [-0.15, -0.1) is 0 Å². The maximum atomic E-state index is 11.6. The summed E-state index contributed by atoms with van der Waals surface area (Å²) in [6.07, 6.45) is -0.428. The van der Waals surface area contributed by atoms with Gasteiger partial charge >= 0.3 is 5.97 Å². The minimum Gasteiger partial charge on any atom is -0.448 e. The zero-order valence-corrected chi connectivity index (χ0v) is 9.18. The summed E-state index contributed by atoms with van der Waals surface area (Å²) in [4.78, 5) is 23.2. The molecule has 1 aliphatic rings. The Morgan fingerprint density at radius 1 is 1.47 bits per heavy atom. The van der Waals surface area contributed by atoms with E-state index in [4.69, 9.17) is 9.84 Å². The number of ether oxygens (including phenoxy) is 1. The number of benzene rings is 1. The lowest BCUT2D eigenvalue weighted by Gasteiger charge is -2.23. The third kappa shape index (κ3) is 2.45. The second-order valence-electron chi connectivity index (χ2n) is 3.77. The first kappa shape index (κ1) is 11.6. The first-order valence-electron chi connectivity index (χ1n) is 5.40. The Hall–Kier alpha value is -1.88. The van der Waals surface area contributed by atoms with E-state index in [2.05, 4.69) is 5.32 Å². The summed E-state index contributed by atoms with van der Waals surface area (Å²) in [5, 5.41) is 11.1. The summed E-state index contributed by atoms with van der Waals surface area (Å²) in [7, 11) is 0. The van der Waals surface area contributed by atoms with Crippen LogP contribution in [0.15, 0.2) is 24.3 Å². The fourth-order valence-corrected chi connectivity index (χ4v) is 1.77. The molecule has 1 aromatic rings. The van der Waals surface area contributed by atoms with Gasteiger partial charge in [-0.3, -0.25) is 4.79 Å². The summed E-state index contributed by atoms with van der Waals surface area (Å²) in [6, 6.07) is 7.06. The number of hydrogen-bond donors (Lipinski definition) is 2. The van der Waals surface area contributed by atoms with Crippen LogP contribution in [0.2, 0.25) is 0 Å². The van der Waals surface area contributed by atoms with Crippen LogP contribution in [-0.2, 0) is 16.0 Å². The maximum absolute atomic E-state index is 11.6. The molecule has 1 amide bonds. The molecular formula is C12H13NO4. The highest BCUT2D eigenvalue weighted by molar-refractivity contribution is 5.95. The van der Waals surface area contributed by atoms with Gasteiger partial charge in [-0.1, -0.05) is 18.2 Å². The topological polar surface area (TPSA) is 75.6 Å². The smallest absolute Gasteiger partial charge is 0.339 e. The molecule has 0 saturated carbocycles. The molecule has 2 rings (SSSR count). The molecule has 0 bridgehead atoms. The third-order valence-corrected chi connectivity index (χ3v) is 2.60. The van der Waals surface area contributed by atoms with Gasteiger partial charge in [0.05, 0.1) is 12.2 Å². The maximum Gasteiger partial charge on any atom is 0.339 e. The molecule has 0 aliphatic carbocycles. The summed E-state index contributed by atoms with van der Waals surface area (Å²) in [6.45, 7) is 0.0253. The fraction of sp³-hybridized carbons (Fsp3) is 0.333. The van der Waals surface area contributed by atoms with Crippen LogP contribution in [0.1, 0.15) is 15.9 Å². The van der Waals surface area contributed by atoms with Gasteiger partial charge in [0.2, 0.25) is 0 Å². The van der Waals surface area contributed by atoms with Crippen LogP contribution in [0.5, 0.6) is 0 Å². The average molecular weight is 235 g/mol. The number of cyclic esters (lactones) is 1. The molecular weight excluding hydrogens is 222 g/mol. The van der Waals surface area contributed by atoms with E-state index in [0.717, 1.165) is 5.56 Å². The van der Waals surface area contributed by atoms with Gasteiger partial charge in [-0.05, 0) is 11.6 Å². The number of aliphatic hydroxyl groups excluding tert-OH is 1. The number of fused-ring (bicyclic) bond motifs is 1. The normalized spacial score (nSPS) is 18.2. The average Bonchev–Trinajstić information content (AvgIpc) is 2.36. The van der Waals surface area contributed by atoms with Gasteiger partial charge in [-0.25, -0.2) is 4.79 Å². The molecule has 5 heteroatoms. The van der Waals surface area contributed by atoms with Crippen molar-refractivity contribution >= 4 is 11.9 Å². The number of carbonyl (C=O) groups excluding carboxylic acids is 2. The Labute approximate surface area is 98.4 Å². The summed E-state index contributed by atoms with van der Waals surface area (Å²) in [5.41, 5.74) is 1.33. The van der Waals surface area contributed by atoms with Gasteiger partial charge in [0.1, 0.15) is 0 Å². The second kappa shape index (κ2) is 4.97. The highest BCUT2D eigenvalue weighted by atomic mass is 16.5. The summed E-state index contributed by atoms with van der Waals surface area (Å²) in [5.74, 6) is -0.849. The van der Waals surface area contributed by atoms with E-state index in [9.17, 15) is 9.59 Å². The Balaban J connectivity index is 2.11. The van der Waals surface area contributed by atoms with Gasteiger partial charge in [0, 0.05) is 13.0 Å². The van der Waals surface area contributed by atoms with Gasteiger partial charge < -0.3 is 15.2 Å². The van der Waals surface area contributed by atoms with E-state index in [1.165, 1.54) is 0 Å². The molecule has 2 N–H and O–H groups in total.